The first-order valence-corrected chi connectivity index (χ1v) is 8.90. The molecule has 114 valence electrons. The van der Waals surface area contributed by atoms with Crippen molar-refractivity contribution in [2.75, 3.05) is 13.1 Å². The summed E-state index contributed by atoms with van der Waals surface area (Å²) in [6.45, 7) is 5.78. The van der Waals surface area contributed by atoms with Crippen molar-refractivity contribution >= 4 is 28.6 Å². The lowest BCUT2D eigenvalue weighted by Gasteiger charge is -2.04. The summed E-state index contributed by atoms with van der Waals surface area (Å²) < 4.78 is 0. The Kier molecular flexibility index (Phi) is 6.20. The second-order valence-corrected chi connectivity index (χ2v) is 7.06. The number of rotatable bonds is 7. The van der Waals surface area contributed by atoms with Crippen LogP contribution in [0, 0.1) is 6.92 Å². The smallest absolute Gasteiger partial charge is 0.188 e. The monoisotopic (exact) mass is 322 g/mol. The number of aryl methyl sites for hydroxylation is 2. The molecular formula is C15H22N4S2. The summed E-state index contributed by atoms with van der Waals surface area (Å²) in [5.41, 5.74) is 7.07. The highest BCUT2D eigenvalue weighted by Crippen LogP contribution is 2.18. The van der Waals surface area contributed by atoms with E-state index in [0.29, 0.717) is 12.5 Å². The van der Waals surface area contributed by atoms with Gasteiger partial charge in [-0.25, -0.2) is 4.98 Å². The van der Waals surface area contributed by atoms with Crippen LogP contribution in [0.5, 0.6) is 0 Å². The fourth-order valence-corrected chi connectivity index (χ4v) is 3.74. The topological polar surface area (TPSA) is 63.3 Å². The Morgan fingerprint density at radius 3 is 2.95 bits per heavy atom. The number of aliphatic imine (C=N–C) groups is 1. The van der Waals surface area contributed by atoms with E-state index in [2.05, 4.69) is 46.7 Å². The molecule has 0 spiro atoms. The molecule has 2 rings (SSSR count). The highest BCUT2D eigenvalue weighted by atomic mass is 32.1. The van der Waals surface area contributed by atoms with Gasteiger partial charge in [-0.2, -0.15) is 0 Å². The molecule has 0 aromatic carbocycles. The van der Waals surface area contributed by atoms with Crippen LogP contribution in [0.25, 0.3) is 0 Å². The van der Waals surface area contributed by atoms with Crippen LogP contribution in [0.15, 0.2) is 22.5 Å². The molecular weight excluding hydrogens is 300 g/mol. The van der Waals surface area contributed by atoms with Crippen LogP contribution in [-0.2, 0) is 19.3 Å². The number of hydrogen-bond donors (Lipinski definition) is 2. The van der Waals surface area contributed by atoms with Crippen LogP contribution in [0.3, 0.4) is 0 Å². The van der Waals surface area contributed by atoms with Gasteiger partial charge in [0.2, 0.25) is 0 Å². The van der Waals surface area contributed by atoms with Gasteiger partial charge in [-0.3, -0.25) is 4.99 Å². The molecule has 2 aromatic rings. The number of thiophene rings is 1. The standard InChI is InChI=1S/C15H22N4S2/c1-3-13-11(2)21-14(19-13)7-9-18-15(16)17-8-6-12-5-4-10-20-12/h4-5,10H,3,6-9H2,1-2H3,(H3,16,17,18). The Labute approximate surface area is 134 Å². The van der Waals surface area contributed by atoms with Gasteiger partial charge in [0.25, 0.3) is 0 Å². The van der Waals surface area contributed by atoms with Gasteiger partial charge >= 0.3 is 0 Å². The first-order valence-electron chi connectivity index (χ1n) is 7.20. The minimum Gasteiger partial charge on any atom is -0.370 e. The molecule has 0 saturated carbocycles. The first kappa shape index (κ1) is 16.0. The lowest BCUT2D eigenvalue weighted by atomic mass is 10.3. The third-order valence-corrected chi connectivity index (χ3v) is 5.15. The number of nitrogens with two attached hydrogens (primary N) is 1. The van der Waals surface area contributed by atoms with Gasteiger partial charge in [0.1, 0.15) is 0 Å². The molecule has 0 saturated heterocycles. The summed E-state index contributed by atoms with van der Waals surface area (Å²) in [6.07, 6.45) is 2.84. The predicted octanol–water partition coefficient (Wildman–Crippen LogP) is 2.76. The molecule has 0 unspecified atom stereocenters. The van der Waals surface area contributed by atoms with Crippen molar-refractivity contribution in [1.82, 2.24) is 10.3 Å². The number of guanidine groups is 1. The van der Waals surface area contributed by atoms with Crippen LogP contribution in [0.4, 0.5) is 0 Å². The van der Waals surface area contributed by atoms with Crippen molar-refractivity contribution < 1.29 is 0 Å². The summed E-state index contributed by atoms with van der Waals surface area (Å²) in [4.78, 5) is 11.6. The molecule has 0 aliphatic heterocycles. The third kappa shape index (κ3) is 5.13. The SMILES string of the molecule is CCc1nc(CCN=C(N)NCCc2cccs2)sc1C. The fraction of sp³-hybridized carbons (Fsp3) is 0.467. The number of thiazole rings is 1. The van der Waals surface area contributed by atoms with Gasteiger partial charge in [-0.1, -0.05) is 13.0 Å². The average molecular weight is 323 g/mol. The van der Waals surface area contributed by atoms with Crippen LogP contribution in [-0.4, -0.2) is 24.0 Å². The minimum atomic E-state index is 0.524. The van der Waals surface area contributed by atoms with Crippen molar-refractivity contribution in [3.63, 3.8) is 0 Å². The molecule has 3 N–H and O–H groups in total. The fourth-order valence-electron chi connectivity index (χ4n) is 2.02. The van der Waals surface area contributed by atoms with Gasteiger partial charge in [0.05, 0.1) is 10.7 Å². The Morgan fingerprint density at radius 2 is 2.29 bits per heavy atom. The second-order valence-electron chi connectivity index (χ2n) is 4.74. The highest BCUT2D eigenvalue weighted by molar-refractivity contribution is 7.11. The molecule has 0 radical (unpaired) electrons. The maximum absolute atomic E-state index is 5.86. The Morgan fingerprint density at radius 1 is 1.43 bits per heavy atom. The zero-order valence-corrected chi connectivity index (χ0v) is 14.2. The maximum Gasteiger partial charge on any atom is 0.188 e. The Balaban J connectivity index is 1.70. The van der Waals surface area contributed by atoms with E-state index in [1.807, 2.05) is 0 Å². The van der Waals surface area contributed by atoms with Gasteiger partial charge in [-0.15, -0.1) is 22.7 Å². The van der Waals surface area contributed by atoms with Crippen molar-refractivity contribution in [3.05, 3.63) is 38.0 Å². The molecule has 21 heavy (non-hydrogen) atoms. The molecule has 0 fully saturated rings. The summed E-state index contributed by atoms with van der Waals surface area (Å²) in [5, 5.41) is 6.40. The Hall–Kier alpha value is -1.40. The molecule has 2 aromatic heterocycles. The highest BCUT2D eigenvalue weighted by Gasteiger charge is 2.05. The summed E-state index contributed by atoms with van der Waals surface area (Å²) >= 11 is 3.53. The van der Waals surface area contributed by atoms with E-state index in [1.54, 1.807) is 22.7 Å². The third-order valence-electron chi connectivity index (χ3n) is 3.14. The largest absolute Gasteiger partial charge is 0.370 e. The van der Waals surface area contributed by atoms with E-state index in [4.69, 9.17) is 5.73 Å². The lowest BCUT2D eigenvalue weighted by Crippen LogP contribution is -2.33. The van der Waals surface area contributed by atoms with E-state index >= 15 is 0 Å². The number of aromatic nitrogens is 1. The summed E-state index contributed by atoms with van der Waals surface area (Å²) in [5.74, 6) is 0.524. The van der Waals surface area contributed by atoms with Crippen molar-refractivity contribution in [1.29, 1.82) is 0 Å². The zero-order chi connectivity index (χ0) is 15.1. The van der Waals surface area contributed by atoms with Gasteiger partial charge < -0.3 is 11.1 Å². The Bertz CT molecular complexity index is 573. The second kappa shape index (κ2) is 8.14. The normalized spacial score (nSPS) is 11.8. The van der Waals surface area contributed by atoms with E-state index < -0.39 is 0 Å². The van der Waals surface area contributed by atoms with Gasteiger partial charge in [0.15, 0.2) is 5.96 Å². The zero-order valence-electron chi connectivity index (χ0n) is 12.6. The number of hydrogen-bond acceptors (Lipinski definition) is 4. The molecule has 2 heterocycles. The van der Waals surface area contributed by atoms with Gasteiger partial charge in [0, 0.05) is 29.3 Å². The van der Waals surface area contributed by atoms with Crippen molar-refractivity contribution in [2.24, 2.45) is 10.7 Å². The quantitative estimate of drug-likeness (QED) is 0.608. The molecule has 0 aliphatic carbocycles. The molecule has 0 amide bonds. The van der Waals surface area contributed by atoms with Crippen molar-refractivity contribution in [3.8, 4) is 0 Å². The van der Waals surface area contributed by atoms with Crippen molar-refractivity contribution in [2.45, 2.75) is 33.1 Å². The summed E-state index contributed by atoms with van der Waals surface area (Å²) in [6, 6.07) is 4.20. The van der Waals surface area contributed by atoms with Crippen LogP contribution in [0.2, 0.25) is 0 Å². The number of nitrogens with one attached hydrogen (secondary N) is 1. The molecule has 6 heteroatoms. The van der Waals surface area contributed by atoms with E-state index in [-0.39, 0.29) is 0 Å². The van der Waals surface area contributed by atoms with Crippen LogP contribution < -0.4 is 11.1 Å². The van der Waals surface area contributed by atoms with E-state index in [9.17, 15) is 0 Å². The number of nitrogens with zero attached hydrogens (tertiary/aromatic N) is 2. The average Bonchev–Trinajstić information content (AvgIpc) is 3.08. The molecule has 0 bridgehead atoms. The molecule has 4 nitrogen and oxygen atoms in total. The minimum absolute atomic E-state index is 0.524. The van der Waals surface area contributed by atoms with Gasteiger partial charge in [-0.05, 0) is 31.2 Å². The molecule has 0 atom stereocenters. The summed E-state index contributed by atoms with van der Waals surface area (Å²) in [7, 11) is 0. The van der Waals surface area contributed by atoms with Crippen LogP contribution >= 0.6 is 22.7 Å². The molecule has 0 aliphatic rings. The first-order chi connectivity index (χ1) is 10.2. The lowest BCUT2D eigenvalue weighted by molar-refractivity contribution is 0.849. The maximum atomic E-state index is 5.86. The predicted molar refractivity (Wildman–Crippen MR) is 92.4 cm³/mol. The van der Waals surface area contributed by atoms with Crippen LogP contribution in [0.1, 0.15) is 27.4 Å². The van der Waals surface area contributed by atoms with E-state index in [1.165, 1.54) is 15.4 Å². The van der Waals surface area contributed by atoms with E-state index in [0.717, 1.165) is 30.8 Å².